The second-order valence-electron chi connectivity index (χ2n) is 3.60. The molecule has 0 saturated heterocycles. The number of hydrogen-bond donors (Lipinski definition) is 2. The molecule has 0 amide bonds. The molecule has 98 valence electrons. The van der Waals surface area contributed by atoms with Crippen molar-refractivity contribution in [1.82, 2.24) is 4.98 Å². The van der Waals surface area contributed by atoms with Crippen LogP contribution >= 0.6 is 15.9 Å². The van der Waals surface area contributed by atoms with Crippen molar-refractivity contribution >= 4 is 27.6 Å². The smallest absolute Gasteiger partial charge is 0.337 e. The summed E-state index contributed by atoms with van der Waals surface area (Å²) in [5, 5.41) is 8.77. The molecule has 5 nitrogen and oxygen atoms in total. The molecule has 0 unspecified atom stereocenters. The Morgan fingerprint density at radius 2 is 2.16 bits per heavy atom. The van der Waals surface area contributed by atoms with E-state index in [0.29, 0.717) is 5.75 Å². The first kappa shape index (κ1) is 13.3. The first-order chi connectivity index (χ1) is 8.97. The third-order valence-electron chi connectivity index (χ3n) is 2.23. The van der Waals surface area contributed by atoms with Gasteiger partial charge in [-0.1, -0.05) is 0 Å². The van der Waals surface area contributed by atoms with Crippen LogP contribution in [-0.4, -0.2) is 16.1 Å². The SMILES string of the molecule is Nc1cc(C(=O)O)cnc1Oc1ccc(F)c(Br)c1. The molecule has 1 aromatic heterocycles. The number of halogens is 2. The number of carboxylic acids is 1. The van der Waals surface area contributed by atoms with Crippen LogP contribution in [0, 0.1) is 5.82 Å². The summed E-state index contributed by atoms with van der Waals surface area (Å²) in [6.45, 7) is 0. The van der Waals surface area contributed by atoms with Crippen LogP contribution in [-0.2, 0) is 0 Å². The molecule has 1 aromatic carbocycles. The second-order valence-corrected chi connectivity index (χ2v) is 4.46. The average Bonchev–Trinajstić information content (AvgIpc) is 2.36. The highest BCUT2D eigenvalue weighted by Crippen LogP contribution is 2.28. The molecule has 7 heteroatoms. The number of carboxylic acid groups (broad SMARTS) is 1. The summed E-state index contributed by atoms with van der Waals surface area (Å²) in [5.74, 6) is -1.16. The highest BCUT2D eigenvalue weighted by Gasteiger charge is 2.10. The van der Waals surface area contributed by atoms with E-state index in [-0.39, 0.29) is 21.6 Å². The van der Waals surface area contributed by atoms with Crippen molar-refractivity contribution in [3.63, 3.8) is 0 Å². The van der Waals surface area contributed by atoms with Crippen molar-refractivity contribution in [3.05, 3.63) is 46.3 Å². The van der Waals surface area contributed by atoms with Gasteiger partial charge in [0, 0.05) is 6.20 Å². The fourth-order valence-corrected chi connectivity index (χ4v) is 1.68. The summed E-state index contributed by atoms with van der Waals surface area (Å²) in [7, 11) is 0. The fraction of sp³-hybridized carbons (Fsp3) is 0. The number of carbonyl (C=O) groups is 1. The maximum absolute atomic E-state index is 13.1. The third kappa shape index (κ3) is 3.00. The predicted octanol–water partition coefficient (Wildman–Crippen LogP) is 3.06. The molecule has 0 atom stereocenters. The van der Waals surface area contributed by atoms with Crippen molar-refractivity contribution in [2.24, 2.45) is 0 Å². The van der Waals surface area contributed by atoms with E-state index in [4.69, 9.17) is 15.6 Å². The zero-order valence-electron chi connectivity index (χ0n) is 9.43. The van der Waals surface area contributed by atoms with E-state index >= 15 is 0 Å². The monoisotopic (exact) mass is 326 g/mol. The van der Waals surface area contributed by atoms with E-state index in [2.05, 4.69) is 20.9 Å². The zero-order chi connectivity index (χ0) is 14.0. The van der Waals surface area contributed by atoms with Crippen molar-refractivity contribution in [3.8, 4) is 11.6 Å². The highest BCUT2D eigenvalue weighted by molar-refractivity contribution is 9.10. The highest BCUT2D eigenvalue weighted by atomic mass is 79.9. The molecule has 0 fully saturated rings. The van der Waals surface area contributed by atoms with Crippen LogP contribution in [0.25, 0.3) is 0 Å². The van der Waals surface area contributed by atoms with Crippen LogP contribution < -0.4 is 10.5 Å². The van der Waals surface area contributed by atoms with Gasteiger partial charge in [-0.2, -0.15) is 0 Å². The maximum Gasteiger partial charge on any atom is 0.337 e. The van der Waals surface area contributed by atoms with Gasteiger partial charge < -0.3 is 15.6 Å². The van der Waals surface area contributed by atoms with Gasteiger partial charge in [0.15, 0.2) is 0 Å². The Labute approximate surface area is 116 Å². The predicted molar refractivity (Wildman–Crippen MR) is 69.8 cm³/mol. The summed E-state index contributed by atoms with van der Waals surface area (Å²) < 4.78 is 18.6. The van der Waals surface area contributed by atoms with Crippen LogP contribution in [0.3, 0.4) is 0 Å². The summed E-state index contributed by atoms with van der Waals surface area (Å²) in [5.41, 5.74) is 5.69. The lowest BCUT2D eigenvalue weighted by atomic mass is 10.2. The number of ether oxygens (including phenoxy) is 1. The standard InChI is InChI=1S/C12H8BrFN2O3/c13-8-4-7(1-2-9(8)14)19-11-10(15)3-6(5-16-11)12(17)18/h1-5H,15H2,(H,17,18). The molecular formula is C12H8BrFN2O3. The maximum atomic E-state index is 13.1. The Hall–Kier alpha value is -2.15. The number of hydrogen-bond acceptors (Lipinski definition) is 4. The van der Waals surface area contributed by atoms with Gasteiger partial charge in [0.25, 0.3) is 0 Å². The van der Waals surface area contributed by atoms with Crippen LogP contribution in [0.2, 0.25) is 0 Å². The minimum atomic E-state index is -1.13. The minimum Gasteiger partial charge on any atom is -0.478 e. The quantitative estimate of drug-likeness (QED) is 0.905. The van der Waals surface area contributed by atoms with Gasteiger partial charge in [0.1, 0.15) is 11.6 Å². The van der Waals surface area contributed by atoms with Gasteiger partial charge in [-0.3, -0.25) is 0 Å². The number of nitrogen functional groups attached to an aromatic ring is 1. The van der Waals surface area contributed by atoms with Crippen molar-refractivity contribution in [1.29, 1.82) is 0 Å². The molecule has 0 aliphatic rings. The lowest BCUT2D eigenvalue weighted by Gasteiger charge is -2.08. The van der Waals surface area contributed by atoms with E-state index in [9.17, 15) is 9.18 Å². The molecule has 0 aliphatic heterocycles. The summed E-state index contributed by atoms with van der Waals surface area (Å²) in [4.78, 5) is 14.5. The summed E-state index contributed by atoms with van der Waals surface area (Å²) >= 11 is 3.02. The number of anilines is 1. The number of pyridine rings is 1. The molecule has 0 bridgehead atoms. The van der Waals surface area contributed by atoms with Gasteiger partial charge in [-0.15, -0.1) is 0 Å². The van der Waals surface area contributed by atoms with Crippen LogP contribution in [0.1, 0.15) is 10.4 Å². The van der Waals surface area contributed by atoms with E-state index in [1.165, 1.54) is 24.3 Å². The molecule has 2 aromatic rings. The molecular weight excluding hydrogens is 319 g/mol. The van der Waals surface area contributed by atoms with Crippen LogP contribution in [0.4, 0.5) is 10.1 Å². The van der Waals surface area contributed by atoms with Crippen LogP contribution in [0.15, 0.2) is 34.9 Å². The first-order valence-electron chi connectivity index (χ1n) is 5.09. The van der Waals surface area contributed by atoms with Gasteiger partial charge in [-0.25, -0.2) is 14.2 Å². The lowest BCUT2D eigenvalue weighted by Crippen LogP contribution is -2.01. The van der Waals surface area contributed by atoms with Crippen molar-refractivity contribution in [2.75, 3.05) is 5.73 Å². The molecule has 2 rings (SSSR count). The fourth-order valence-electron chi connectivity index (χ4n) is 1.32. The third-order valence-corrected chi connectivity index (χ3v) is 2.84. The van der Waals surface area contributed by atoms with Crippen molar-refractivity contribution < 1.29 is 19.0 Å². The average molecular weight is 327 g/mol. The van der Waals surface area contributed by atoms with Gasteiger partial charge in [0.2, 0.25) is 5.88 Å². The summed E-state index contributed by atoms with van der Waals surface area (Å²) in [6, 6.07) is 5.29. The number of aromatic carboxylic acids is 1. The number of rotatable bonds is 3. The number of benzene rings is 1. The Morgan fingerprint density at radius 3 is 2.74 bits per heavy atom. The zero-order valence-corrected chi connectivity index (χ0v) is 11.0. The molecule has 0 aliphatic carbocycles. The normalized spacial score (nSPS) is 10.2. The first-order valence-corrected chi connectivity index (χ1v) is 5.88. The van der Waals surface area contributed by atoms with E-state index in [0.717, 1.165) is 6.20 Å². The van der Waals surface area contributed by atoms with Crippen molar-refractivity contribution in [2.45, 2.75) is 0 Å². The Balaban J connectivity index is 2.28. The van der Waals surface area contributed by atoms with Crippen LogP contribution in [0.5, 0.6) is 11.6 Å². The van der Waals surface area contributed by atoms with E-state index < -0.39 is 11.8 Å². The second kappa shape index (κ2) is 5.23. The number of nitrogens with zero attached hydrogens (tertiary/aromatic N) is 1. The van der Waals surface area contributed by atoms with Gasteiger partial charge >= 0.3 is 5.97 Å². The lowest BCUT2D eigenvalue weighted by molar-refractivity contribution is 0.0696. The van der Waals surface area contributed by atoms with Gasteiger partial charge in [-0.05, 0) is 40.2 Å². The molecule has 0 spiro atoms. The molecule has 0 radical (unpaired) electrons. The Bertz CT molecular complexity index is 649. The Kier molecular flexibility index (Phi) is 3.66. The molecule has 0 saturated carbocycles. The topological polar surface area (TPSA) is 85.4 Å². The minimum absolute atomic E-state index is 0.0369. The number of aromatic nitrogens is 1. The number of nitrogens with two attached hydrogens (primary N) is 1. The van der Waals surface area contributed by atoms with Gasteiger partial charge in [0.05, 0.1) is 15.7 Å². The Morgan fingerprint density at radius 1 is 1.42 bits per heavy atom. The van der Waals surface area contributed by atoms with E-state index in [1.807, 2.05) is 0 Å². The molecule has 1 heterocycles. The largest absolute Gasteiger partial charge is 0.478 e. The van der Waals surface area contributed by atoms with E-state index in [1.54, 1.807) is 0 Å². The molecule has 3 N–H and O–H groups in total. The molecule has 19 heavy (non-hydrogen) atoms. The summed E-state index contributed by atoms with van der Waals surface area (Å²) in [6.07, 6.45) is 1.13.